The van der Waals surface area contributed by atoms with Crippen molar-refractivity contribution in [3.05, 3.63) is 101 Å². The Kier molecular flexibility index (Phi) is 10.3. The number of para-hydroxylation sites is 1. The Bertz CT molecular complexity index is 1290. The van der Waals surface area contributed by atoms with E-state index < -0.39 is 0 Å². The standard InChI is InChI=1S/C32H37FN4O3/c1-3-25-10-16-29(17-11-25)34-32(39)37-23-20-35(21-24-37)19-22-36(31(38)27-12-14-28(33)15-13-27)18-6-8-26-7-4-5-9-30(26)40-2/h4-17H,3,18-24H2,1-2H3,(H,34,39). The summed E-state index contributed by atoms with van der Waals surface area (Å²) in [4.78, 5) is 31.9. The first-order valence-corrected chi connectivity index (χ1v) is 13.7. The Labute approximate surface area is 235 Å². The molecule has 1 fully saturated rings. The minimum atomic E-state index is -0.376. The zero-order chi connectivity index (χ0) is 28.3. The quantitative estimate of drug-likeness (QED) is 0.371. The molecule has 1 saturated heterocycles. The molecular weight excluding hydrogens is 507 g/mol. The second kappa shape index (κ2) is 14.3. The third kappa shape index (κ3) is 7.93. The topological polar surface area (TPSA) is 65.1 Å². The maximum atomic E-state index is 13.5. The van der Waals surface area contributed by atoms with E-state index in [1.807, 2.05) is 65.6 Å². The number of nitrogens with one attached hydrogen (secondary N) is 1. The fraction of sp³-hybridized carbons (Fsp3) is 0.312. The molecule has 4 rings (SSSR count). The molecule has 7 nitrogen and oxygen atoms in total. The van der Waals surface area contributed by atoms with Gasteiger partial charge in [0.05, 0.1) is 7.11 Å². The molecule has 0 atom stereocenters. The van der Waals surface area contributed by atoms with Gasteiger partial charge in [0.1, 0.15) is 11.6 Å². The van der Waals surface area contributed by atoms with Crippen LogP contribution in [0.15, 0.2) is 78.9 Å². The first kappa shape index (κ1) is 28.8. The van der Waals surface area contributed by atoms with Crippen LogP contribution in [0, 0.1) is 5.82 Å². The smallest absolute Gasteiger partial charge is 0.321 e. The zero-order valence-corrected chi connectivity index (χ0v) is 23.2. The molecule has 8 heteroatoms. The lowest BCUT2D eigenvalue weighted by Gasteiger charge is -2.35. The lowest BCUT2D eigenvalue weighted by molar-refractivity contribution is 0.0739. The van der Waals surface area contributed by atoms with Gasteiger partial charge in [0, 0.05) is 62.6 Å². The molecule has 1 aliphatic heterocycles. The number of amides is 3. The van der Waals surface area contributed by atoms with Crippen molar-refractivity contribution in [1.29, 1.82) is 0 Å². The number of hydrogen-bond donors (Lipinski definition) is 1. The Morgan fingerprint density at radius 1 is 0.975 bits per heavy atom. The molecule has 1 aliphatic rings. The number of halogens is 1. The minimum Gasteiger partial charge on any atom is -0.496 e. The molecule has 0 radical (unpaired) electrons. The molecule has 210 valence electrons. The summed E-state index contributed by atoms with van der Waals surface area (Å²) in [5.74, 6) is 0.228. The van der Waals surface area contributed by atoms with Gasteiger partial charge in [-0.15, -0.1) is 0 Å². The maximum Gasteiger partial charge on any atom is 0.321 e. The maximum absolute atomic E-state index is 13.5. The molecule has 3 aromatic rings. The summed E-state index contributed by atoms with van der Waals surface area (Å²) in [6.07, 6.45) is 4.84. The number of carbonyl (C=O) groups excluding carboxylic acids is 2. The number of carbonyl (C=O) groups is 2. The van der Waals surface area contributed by atoms with Gasteiger partial charge in [0.15, 0.2) is 0 Å². The van der Waals surface area contributed by atoms with Gasteiger partial charge in [0.25, 0.3) is 5.91 Å². The predicted molar refractivity (Wildman–Crippen MR) is 157 cm³/mol. The molecule has 0 spiro atoms. The number of anilines is 1. The van der Waals surface area contributed by atoms with Crippen molar-refractivity contribution in [2.75, 3.05) is 58.2 Å². The van der Waals surface area contributed by atoms with Crippen molar-refractivity contribution in [1.82, 2.24) is 14.7 Å². The van der Waals surface area contributed by atoms with Gasteiger partial charge in [-0.25, -0.2) is 9.18 Å². The van der Waals surface area contributed by atoms with Gasteiger partial charge in [-0.3, -0.25) is 9.69 Å². The van der Waals surface area contributed by atoms with E-state index in [0.29, 0.717) is 38.3 Å². The number of benzene rings is 3. The molecule has 0 aliphatic carbocycles. The summed E-state index contributed by atoms with van der Waals surface area (Å²) in [5.41, 5.74) is 3.39. The first-order valence-electron chi connectivity index (χ1n) is 13.7. The van der Waals surface area contributed by atoms with Crippen LogP contribution in [0.25, 0.3) is 6.08 Å². The van der Waals surface area contributed by atoms with E-state index in [1.54, 1.807) is 12.0 Å². The van der Waals surface area contributed by atoms with Crippen LogP contribution >= 0.6 is 0 Å². The fourth-order valence-corrected chi connectivity index (χ4v) is 4.62. The van der Waals surface area contributed by atoms with Crippen molar-refractivity contribution < 1.29 is 18.7 Å². The number of nitrogens with zero attached hydrogens (tertiary/aromatic N) is 3. The number of piperazine rings is 1. The Morgan fingerprint density at radius 3 is 2.35 bits per heavy atom. The van der Waals surface area contributed by atoms with Gasteiger partial charge in [-0.2, -0.15) is 0 Å². The van der Waals surface area contributed by atoms with Crippen molar-refractivity contribution in [3.8, 4) is 5.75 Å². The SMILES string of the molecule is CCc1ccc(NC(=O)N2CCN(CCN(CC=Cc3ccccc3OC)C(=O)c3ccc(F)cc3)CC2)cc1. The summed E-state index contributed by atoms with van der Waals surface area (Å²) in [5, 5.41) is 2.98. The summed E-state index contributed by atoms with van der Waals surface area (Å²) < 4.78 is 18.9. The predicted octanol–water partition coefficient (Wildman–Crippen LogP) is 5.40. The van der Waals surface area contributed by atoms with Crippen LogP contribution in [-0.2, 0) is 6.42 Å². The Balaban J connectivity index is 1.33. The highest BCUT2D eigenvalue weighted by molar-refractivity contribution is 5.94. The van der Waals surface area contributed by atoms with Gasteiger partial charge in [-0.1, -0.05) is 49.4 Å². The number of methoxy groups -OCH3 is 1. The lowest BCUT2D eigenvalue weighted by Crippen LogP contribution is -2.51. The highest BCUT2D eigenvalue weighted by atomic mass is 19.1. The molecule has 3 aromatic carbocycles. The monoisotopic (exact) mass is 544 g/mol. The van der Waals surface area contributed by atoms with Crippen molar-refractivity contribution in [2.24, 2.45) is 0 Å². The average molecular weight is 545 g/mol. The van der Waals surface area contributed by atoms with Gasteiger partial charge in [-0.05, 0) is 54.4 Å². The van der Waals surface area contributed by atoms with E-state index in [2.05, 4.69) is 17.1 Å². The average Bonchev–Trinajstić information content (AvgIpc) is 2.99. The van der Waals surface area contributed by atoms with E-state index >= 15 is 0 Å². The van der Waals surface area contributed by atoms with Crippen LogP contribution in [0.3, 0.4) is 0 Å². The van der Waals surface area contributed by atoms with Crippen LogP contribution in [0.2, 0.25) is 0 Å². The highest BCUT2D eigenvalue weighted by Gasteiger charge is 2.22. The molecule has 1 heterocycles. The molecule has 3 amide bonds. The van der Waals surface area contributed by atoms with Crippen molar-refractivity contribution in [3.63, 3.8) is 0 Å². The molecule has 1 N–H and O–H groups in total. The van der Waals surface area contributed by atoms with E-state index in [9.17, 15) is 14.0 Å². The highest BCUT2D eigenvalue weighted by Crippen LogP contribution is 2.19. The summed E-state index contributed by atoms with van der Waals surface area (Å²) in [6, 6.07) is 21.2. The third-order valence-corrected chi connectivity index (χ3v) is 7.10. The van der Waals surface area contributed by atoms with E-state index in [1.165, 1.54) is 29.8 Å². The Hall–Kier alpha value is -4.17. The van der Waals surface area contributed by atoms with Crippen molar-refractivity contribution in [2.45, 2.75) is 13.3 Å². The molecule has 0 saturated carbocycles. The molecule has 0 unspecified atom stereocenters. The van der Waals surface area contributed by atoms with Crippen LogP contribution in [0.5, 0.6) is 5.75 Å². The third-order valence-electron chi connectivity index (χ3n) is 7.10. The normalized spacial score (nSPS) is 13.8. The van der Waals surface area contributed by atoms with Crippen LogP contribution in [0.4, 0.5) is 14.9 Å². The molecule has 0 bridgehead atoms. The fourth-order valence-electron chi connectivity index (χ4n) is 4.62. The van der Waals surface area contributed by atoms with Crippen LogP contribution < -0.4 is 10.1 Å². The largest absolute Gasteiger partial charge is 0.496 e. The molecule has 40 heavy (non-hydrogen) atoms. The van der Waals surface area contributed by atoms with Crippen LogP contribution in [-0.4, -0.2) is 79.6 Å². The number of ether oxygens (including phenoxy) is 1. The van der Waals surface area contributed by atoms with E-state index in [0.717, 1.165) is 36.5 Å². The lowest BCUT2D eigenvalue weighted by atomic mass is 10.1. The summed E-state index contributed by atoms with van der Waals surface area (Å²) in [7, 11) is 1.63. The van der Waals surface area contributed by atoms with E-state index in [4.69, 9.17) is 4.74 Å². The second-order valence-electron chi connectivity index (χ2n) is 9.71. The minimum absolute atomic E-state index is 0.0986. The number of hydrogen-bond acceptors (Lipinski definition) is 4. The summed E-state index contributed by atoms with van der Waals surface area (Å²) in [6.45, 7) is 6.33. The Morgan fingerprint density at radius 2 is 1.68 bits per heavy atom. The van der Waals surface area contributed by atoms with Gasteiger partial charge < -0.3 is 19.9 Å². The number of rotatable bonds is 10. The zero-order valence-electron chi connectivity index (χ0n) is 23.2. The van der Waals surface area contributed by atoms with Gasteiger partial charge in [0.2, 0.25) is 0 Å². The van der Waals surface area contributed by atoms with E-state index in [-0.39, 0.29) is 17.8 Å². The number of aryl methyl sites for hydroxylation is 1. The van der Waals surface area contributed by atoms with Gasteiger partial charge >= 0.3 is 6.03 Å². The number of urea groups is 1. The first-order chi connectivity index (χ1) is 19.5. The second-order valence-corrected chi connectivity index (χ2v) is 9.71. The van der Waals surface area contributed by atoms with Crippen molar-refractivity contribution >= 4 is 23.7 Å². The summed E-state index contributed by atoms with van der Waals surface area (Å²) >= 11 is 0. The molecular formula is C32H37FN4O3. The van der Waals surface area contributed by atoms with Crippen LogP contribution in [0.1, 0.15) is 28.4 Å². The molecule has 0 aromatic heterocycles.